The fourth-order valence-electron chi connectivity index (χ4n) is 1.93. The lowest BCUT2D eigenvalue weighted by Gasteiger charge is -2.09. The van der Waals surface area contributed by atoms with Crippen LogP contribution in [-0.4, -0.2) is 14.5 Å². The van der Waals surface area contributed by atoms with Crippen LogP contribution in [-0.2, 0) is 0 Å². The van der Waals surface area contributed by atoms with E-state index in [1.807, 2.05) is 12.1 Å². The average molecular weight is 254 g/mol. The lowest BCUT2D eigenvalue weighted by Crippen LogP contribution is -2.00. The molecule has 0 amide bonds. The number of hydrogen-bond acceptors (Lipinski definition) is 3. The van der Waals surface area contributed by atoms with Crippen LogP contribution in [0.1, 0.15) is 0 Å². The number of nitrogens with zero attached hydrogens (tertiary/aromatic N) is 3. The van der Waals surface area contributed by atoms with Crippen LogP contribution in [0.5, 0.6) is 0 Å². The second-order valence-electron chi connectivity index (χ2n) is 4.10. The van der Waals surface area contributed by atoms with Gasteiger partial charge in [-0.3, -0.25) is 9.55 Å². The number of aromatic nitrogens is 3. The van der Waals surface area contributed by atoms with E-state index in [1.54, 1.807) is 35.6 Å². The zero-order valence-corrected chi connectivity index (χ0v) is 9.99. The van der Waals surface area contributed by atoms with Gasteiger partial charge >= 0.3 is 0 Å². The second-order valence-corrected chi connectivity index (χ2v) is 4.10. The Hall–Kier alpha value is -2.69. The standard InChI is InChI=1S/C14H11FN4/c15-12-4-3-11(16)6-13(12)19-9-18-8-14(19)10-2-1-5-17-7-10/h1-9H,16H2. The molecule has 3 aromatic rings. The molecule has 2 heterocycles. The maximum atomic E-state index is 13.9. The molecule has 0 aliphatic rings. The molecule has 94 valence electrons. The van der Waals surface area contributed by atoms with Crippen LogP contribution < -0.4 is 5.73 Å². The number of benzene rings is 1. The van der Waals surface area contributed by atoms with E-state index in [4.69, 9.17) is 5.73 Å². The van der Waals surface area contributed by atoms with Crippen molar-refractivity contribution in [3.63, 3.8) is 0 Å². The van der Waals surface area contributed by atoms with Gasteiger partial charge in [-0.15, -0.1) is 0 Å². The number of halogens is 1. The number of nitrogen functional groups attached to an aromatic ring is 1. The minimum atomic E-state index is -0.350. The topological polar surface area (TPSA) is 56.7 Å². The van der Waals surface area contributed by atoms with Gasteiger partial charge in [0.05, 0.1) is 23.9 Å². The van der Waals surface area contributed by atoms with Crippen molar-refractivity contribution in [3.05, 3.63) is 61.1 Å². The average Bonchev–Trinajstić information content (AvgIpc) is 2.91. The Morgan fingerprint density at radius 3 is 2.79 bits per heavy atom. The van der Waals surface area contributed by atoms with E-state index in [2.05, 4.69) is 9.97 Å². The molecule has 0 aliphatic carbocycles. The molecule has 0 unspecified atom stereocenters. The Bertz CT molecular complexity index is 706. The minimum Gasteiger partial charge on any atom is -0.399 e. The molecule has 0 fully saturated rings. The maximum Gasteiger partial charge on any atom is 0.147 e. The van der Waals surface area contributed by atoms with Gasteiger partial charge in [0.15, 0.2) is 0 Å². The molecule has 0 saturated carbocycles. The van der Waals surface area contributed by atoms with Crippen LogP contribution in [0.3, 0.4) is 0 Å². The summed E-state index contributed by atoms with van der Waals surface area (Å²) in [4.78, 5) is 8.13. The van der Waals surface area contributed by atoms with Gasteiger partial charge in [0, 0.05) is 23.6 Å². The first-order chi connectivity index (χ1) is 9.25. The zero-order chi connectivity index (χ0) is 13.2. The molecule has 0 atom stereocenters. The monoisotopic (exact) mass is 254 g/mol. The van der Waals surface area contributed by atoms with Crippen molar-refractivity contribution in [1.82, 2.24) is 14.5 Å². The van der Waals surface area contributed by atoms with Crippen LogP contribution in [0.2, 0.25) is 0 Å². The summed E-state index contributed by atoms with van der Waals surface area (Å²) in [5.41, 5.74) is 8.21. The van der Waals surface area contributed by atoms with Gasteiger partial charge in [-0.25, -0.2) is 9.37 Å². The number of anilines is 1. The molecular weight excluding hydrogens is 243 g/mol. The number of hydrogen-bond donors (Lipinski definition) is 1. The van der Waals surface area contributed by atoms with E-state index >= 15 is 0 Å². The molecule has 0 bridgehead atoms. The summed E-state index contributed by atoms with van der Waals surface area (Å²) in [7, 11) is 0. The number of imidazole rings is 1. The van der Waals surface area contributed by atoms with Crippen molar-refractivity contribution in [2.75, 3.05) is 5.73 Å². The van der Waals surface area contributed by atoms with Gasteiger partial charge in [0.25, 0.3) is 0 Å². The lowest BCUT2D eigenvalue weighted by atomic mass is 10.2. The third-order valence-electron chi connectivity index (χ3n) is 2.83. The Kier molecular flexibility index (Phi) is 2.72. The summed E-state index contributed by atoms with van der Waals surface area (Å²) in [6.45, 7) is 0. The van der Waals surface area contributed by atoms with Crippen LogP contribution >= 0.6 is 0 Å². The number of pyridine rings is 1. The minimum absolute atomic E-state index is 0.350. The Morgan fingerprint density at radius 1 is 1.11 bits per heavy atom. The second kappa shape index (κ2) is 4.53. The van der Waals surface area contributed by atoms with E-state index in [-0.39, 0.29) is 5.82 Å². The smallest absolute Gasteiger partial charge is 0.147 e. The summed E-state index contributed by atoms with van der Waals surface area (Å²) >= 11 is 0. The highest BCUT2D eigenvalue weighted by Gasteiger charge is 2.11. The molecule has 4 nitrogen and oxygen atoms in total. The van der Waals surface area contributed by atoms with E-state index < -0.39 is 0 Å². The molecule has 0 radical (unpaired) electrons. The van der Waals surface area contributed by atoms with Gasteiger partial charge in [0.2, 0.25) is 0 Å². The third-order valence-corrected chi connectivity index (χ3v) is 2.83. The molecule has 3 rings (SSSR count). The fraction of sp³-hybridized carbons (Fsp3) is 0. The number of nitrogens with two attached hydrogens (primary N) is 1. The summed E-state index contributed by atoms with van der Waals surface area (Å²) in [6, 6.07) is 8.17. The van der Waals surface area contributed by atoms with Crippen molar-refractivity contribution in [2.45, 2.75) is 0 Å². The predicted octanol–water partition coefficient (Wildman–Crippen LogP) is 2.66. The Morgan fingerprint density at radius 2 is 2.00 bits per heavy atom. The van der Waals surface area contributed by atoms with Crippen LogP contribution in [0.4, 0.5) is 10.1 Å². The van der Waals surface area contributed by atoms with Crippen molar-refractivity contribution in [1.29, 1.82) is 0 Å². The van der Waals surface area contributed by atoms with E-state index in [1.165, 1.54) is 12.1 Å². The first kappa shape index (κ1) is 11.4. The first-order valence-electron chi connectivity index (χ1n) is 5.74. The van der Waals surface area contributed by atoms with Crippen molar-refractivity contribution < 1.29 is 4.39 Å². The van der Waals surface area contributed by atoms with Crippen LogP contribution in [0, 0.1) is 5.82 Å². The van der Waals surface area contributed by atoms with E-state index in [0.717, 1.165) is 11.3 Å². The highest BCUT2D eigenvalue weighted by Crippen LogP contribution is 2.24. The van der Waals surface area contributed by atoms with E-state index in [0.29, 0.717) is 11.4 Å². The van der Waals surface area contributed by atoms with Crippen molar-refractivity contribution >= 4 is 5.69 Å². The zero-order valence-electron chi connectivity index (χ0n) is 9.99. The first-order valence-corrected chi connectivity index (χ1v) is 5.74. The van der Waals surface area contributed by atoms with Gasteiger partial charge in [-0.2, -0.15) is 0 Å². The lowest BCUT2D eigenvalue weighted by molar-refractivity contribution is 0.619. The summed E-state index contributed by atoms with van der Waals surface area (Å²) in [6.07, 6.45) is 6.61. The highest BCUT2D eigenvalue weighted by atomic mass is 19.1. The van der Waals surface area contributed by atoms with Crippen LogP contribution in [0.25, 0.3) is 16.9 Å². The molecule has 5 heteroatoms. The molecule has 0 saturated heterocycles. The highest BCUT2D eigenvalue weighted by molar-refractivity contribution is 5.62. The normalized spacial score (nSPS) is 10.6. The molecule has 2 aromatic heterocycles. The molecule has 19 heavy (non-hydrogen) atoms. The number of rotatable bonds is 2. The predicted molar refractivity (Wildman–Crippen MR) is 71.2 cm³/mol. The van der Waals surface area contributed by atoms with Crippen molar-refractivity contribution in [2.24, 2.45) is 0 Å². The quantitative estimate of drug-likeness (QED) is 0.715. The SMILES string of the molecule is Nc1ccc(F)c(-n2cncc2-c2cccnc2)c1. The summed E-state index contributed by atoms with van der Waals surface area (Å²) in [5.74, 6) is -0.350. The van der Waals surface area contributed by atoms with Gasteiger partial charge < -0.3 is 5.73 Å². The van der Waals surface area contributed by atoms with Crippen LogP contribution in [0.15, 0.2) is 55.2 Å². The van der Waals surface area contributed by atoms with Gasteiger partial charge in [0.1, 0.15) is 5.82 Å². The third kappa shape index (κ3) is 2.06. The summed E-state index contributed by atoms with van der Waals surface area (Å²) in [5, 5.41) is 0. The molecule has 1 aromatic carbocycles. The molecular formula is C14H11FN4. The van der Waals surface area contributed by atoms with Gasteiger partial charge in [-0.05, 0) is 30.3 Å². The van der Waals surface area contributed by atoms with E-state index in [9.17, 15) is 4.39 Å². The maximum absolute atomic E-state index is 13.9. The van der Waals surface area contributed by atoms with Crippen molar-refractivity contribution in [3.8, 4) is 16.9 Å². The van der Waals surface area contributed by atoms with Gasteiger partial charge in [-0.1, -0.05) is 0 Å². The summed E-state index contributed by atoms with van der Waals surface area (Å²) < 4.78 is 15.6. The molecule has 0 spiro atoms. The Labute approximate surface area is 109 Å². The fourth-order valence-corrected chi connectivity index (χ4v) is 1.93. The largest absolute Gasteiger partial charge is 0.399 e. The molecule has 0 aliphatic heterocycles. The Balaban J connectivity index is 2.18. The molecule has 2 N–H and O–H groups in total.